The summed E-state index contributed by atoms with van der Waals surface area (Å²) in [6.07, 6.45) is -3.83. The number of hydrogen-bond acceptors (Lipinski definition) is 3. The van der Waals surface area contributed by atoms with Crippen LogP contribution in [0.25, 0.3) is 0 Å². The van der Waals surface area contributed by atoms with Crippen molar-refractivity contribution in [2.45, 2.75) is 89.3 Å². The topological polar surface area (TPSA) is 49.9 Å². The van der Waals surface area contributed by atoms with Crippen LogP contribution in [0.4, 0.5) is 22.4 Å². The van der Waals surface area contributed by atoms with Gasteiger partial charge in [0.15, 0.2) is 0 Å². The van der Waals surface area contributed by atoms with Gasteiger partial charge in [0, 0.05) is 19.0 Å². The fourth-order valence-electron chi connectivity index (χ4n) is 3.76. The zero-order valence-corrected chi connectivity index (χ0v) is 16.0. The number of carbonyl (C=O) groups excluding carboxylic acids is 2. The predicted octanol–water partition coefficient (Wildman–Crippen LogP) is 4.06. The van der Waals surface area contributed by atoms with Crippen molar-refractivity contribution in [2.24, 2.45) is 0 Å². The normalized spacial score (nSPS) is 24.8. The molecule has 156 valence electrons. The summed E-state index contributed by atoms with van der Waals surface area (Å²) in [7, 11) is 0. The van der Waals surface area contributed by atoms with Gasteiger partial charge in [0.2, 0.25) is 0 Å². The smallest absolute Gasteiger partial charge is 0.444 e. The van der Waals surface area contributed by atoms with E-state index in [2.05, 4.69) is 0 Å². The van der Waals surface area contributed by atoms with Crippen LogP contribution in [-0.4, -0.2) is 64.9 Å². The van der Waals surface area contributed by atoms with E-state index in [4.69, 9.17) is 4.74 Å². The minimum absolute atomic E-state index is 0.104. The van der Waals surface area contributed by atoms with Gasteiger partial charge >= 0.3 is 18.2 Å². The number of amides is 2. The van der Waals surface area contributed by atoms with Crippen LogP contribution in [0.5, 0.6) is 0 Å². The molecule has 0 aromatic carbocycles. The molecule has 0 radical (unpaired) electrons. The molecule has 0 unspecified atom stereocenters. The van der Waals surface area contributed by atoms with E-state index < -0.39 is 42.0 Å². The largest absolute Gasteiger partial charge is 0.471 e. The van der Waals surface area contributed by atoms with E-state index in [1.165, 1.54) is 0 Å². The van der Waals surface area contributed by atoms with Crippen LogP contribution in [-0.2, 0) is 9.53 Å². The molecule has 0 aromatic rings. The second-order valence-electron chi connectivity index (χ2n) is 8.37. The summed E-state index contributed by atoms with van der Waals surface area (Å²) in [6.45, 7) is 4.40. The van der Waals surface area contributed by atoms with Crippen LogP contribution in [0, 0.1) is 0 Å². The molecule has 27 heavy (non-hydrogen) atoms. The van der Waals surface area contributed by atoms with Gasteiger partial charge in [-0.1, -0.05) is 19.3 Å². The summed E-state index contributed by atoms with van der Waals surface area (Å²) >= 11 is 0. The highest BCUT2D eigenvalue weighted by atomic mass is 19.4. The third-order valence-electron chi connectivity index (χ3n) is 4.92. The Bertz CT molecular complexity index is 542. The molecule has 2 rings (SSSR count). The maximum Gasteiger partial charge on any atom is 0.471 e. The molecule has 9 heteroatoms. The second-order valence-corrected chi connectivity index (χ2v) is 8.37. The van der Waals surface area contributed by atoms with Crippen molar-refractivity contribution in [1.29, 1.82) is 0 Å². The molecule has 2 atom stereocenters. The molecule has 0 bridgehead atoms. The second kappa shape index (κ2) is 8.22. The van der Waals surface area contributed by atoms with Gasteiger partial charge in [0.05, 0.1) is 12.6 Å². The summed E-state index contributed by atoms with van der Waals surface area (Å²) in [4.78, 5) is 26.3. The van der Waals surface area contributed by atoms with Crippen LogP contribution in [0.15, 0.2) is 0 Å². The summed E-state index contributed by atoms with van der Waals surface area (Å²) in [5.74, 6) is -1.92. The van der Waals surface area contributed by atoms with E-state index in [1.807, 2.05) is 0 Å². The van der Waals surface area contributed by atoms with Gasteiger partial charge in [0.25, 0.3) is 0 Å². The fourth-order valence-corrected chi connectivity index (χ4v) is 3.76. The fraction of sp³-hybridized carbons (Fsp3) is 0.889. The lowest BCUT2D eigenvalue weighted by Gasteiger charge is -2.38. The van der Waals surface area contributed by atoms with E-state index in [1.54, 1.807) is 20.8 Å². The molecule has 0 spiro atoms. The minimum Gasteiger partial charge on any atom is -0.444 e. The molecule has 1 aliphatic heterocycles. The van der Waals surface area contributed by atoms with Gasteiger partial charge in [-0.2, -0.15) is 13.2 Å². The van der Waals surface area contributed by atoms with Crippen molar-refractivity contribution >= 4 is 12.0 Å². The first-order valence-corrected chi connectivity index (χ1v) is 9.40. The Morgan fingerprint density at radius 1 is 1.11 bits per heavy atom. The van der Waals surface area contributed by atoms with E-state index >= 15 is 0 Å². The first kappa shape index (κ1) is 21.8. The maximum atomic E-state index is 14.0. The number of carbonyl (C=O) groups is 2. The Morgan fingerprint density at radius 3 is 2.22 bits per heavy atom. The SMILES string of the molecule is CC(C)(C)OC(=O)N1C[C@@H](F)C[C@H]1CN(C(=O)C(F)(F)F)C1CCCCC1. The van der Waals surface area contributed by atoms with Crippen molar-refractivity contribution in [3.05, 3.63) is 0 Å². The molecular weight excluding hydrogens is 368 g/mol. The first-order valence-electron chi connectivity index (χ1n) is 9.40. The monoisotopic (exact) mass is 396 g/mol. The average molecular weight is 396 g/mol. The van der Waals surface area contributed by atoms with Crippen molar-refractivity contribution in [2.75, 3.05) is 13.1 Å². The average Bonchev–Trinajstić information content (AvgIpc) is 2.91. The summed E-state index contributed by atoms with van der Waals surface area (Å²) in [5.41, 5.74) is -0.805. The van der Waals surface area contributed by atoms with E-state index in [0.29, 0.717) is 12.8 Å². The summed E-state index contributed by atoms with van der Waals surface area (Å²) in [5, 5.41) is 0. The summed E-state index contributed by atoms with van der Waals surface area (Å²) in [6, 6.07) is -1.37. The van der Waals surface area contributed by atoms with Gasteiger partial charge < -0.3 is 14.5 Å². The third kappa shape index (κ3) is 5.97. The van der Waals surface area contributed by atoms with E-state index in [-0.39, 0.29) is 19.5 Å². The zero-order chi connectivity index (χ0) is 20.4. The third-order valence-corrected chi connectivity index (χ3v) is 4.92. The highest BCUT2D eigenvalue weighted by Crippen LogP contribution is 2.30. The summed E-state index contributed by atoms with van der Waals surface area (Å²) < 4.78 is 58.6. The van der Waals surface area contributed by atoms with Crippen LogP contribution in [0.2, 0.25) is 0 Å². The molecule has 1 saturated heterocycles. The Balaban J connectivity index is 2.18. The number of nitrogens with zero attached hydrogens (tertiary/aromatic N) is 2. The molecule has 2 amide bonds. The van der Waals surface area contributed by atoms with Gasteiger partial charge in [-0.15, -0.1) is 0 Å². The van der Waals surface area contributed by atoms with Crippen LogP contribution in [0.1, 0.15) is 59.3 Å². The van der Waals surface area contributed by atoms with Crippen LogP contribution in [0.3, 0.4) is 0 Å². The molecule has 5 nitrogen and oxygen atoms in total. The lowest BCUT2D eigenvalue weighted by molar-refractivity contribution is -0.189. The minimum atomic E-state index is -5.00. The number of rotatable bonds is 3. The van der Waals surface area contributed by atoms with Gasteiger partial charge in [-0.25, -0.2) is 9.18 Å². The first-order chi connectivity index (χ1) is 12.4. The number of alkyl halides is 4. The van der Waals surface area contributed by atoms with E-state index in [0.717, 1.165) is 29.1 Å². The highest BCUT2D eigenvalue weighted by Gasteiger charge is 2.47. The predicted molar refractivity (Wildman–Crippen MR) is 90.9 cm³/mol. The zero-order valence-electron chi connectivity index (χ0n) is 16.0. The van der Waals surface area contributed by atoms with Gasteiger partial charge in [-0.3, -0.25) is 4.79 Å². The molecule has 1 heterocycles. The number of likely N-dealkylation sites (tertiary alicyclic amines) is 1. The molecule has 1 aliphatic carbocycles. The standard InChI is InChI=1S/C18H28F4N2O3/c1-17(2,3)27-16(26)24-10-12(19)9-14(24)11-23(15(25)18(20,21)22)13-7-5-4-6-8-13/h12-14H,4-11H2,1-3H3/t12-,14-/m0/s1. The van der Waals surface area contributed by atoms with Crippen molar-refractivity contribution in [3.63, 3.8) is 0 Å². The van der Waals surface area contributed by atoms with Crippen LogP contribution < -0.4 is 0 Å². The molecule has 2 aliphatic rings. The Hall–Kier alpha value is -1.54. The van der Waals surface area contributed by atoms with Crippen molar-refractivity contribution < 1.29 is 31.9 Å². The van der Waals surface area contributed by atoms with Crippen molar-refractivity contribution in [3.8, 4) is 0 Å². The lowest BCUT2D eigenvalue weighted by atomic mass is 9.93. The van der Waals surface area contributed by atoms with Crippen molar-refractivity contribution in [1.82, 2.24) is 9.80 Å². The molecular formula is C18H28F4N2O3. The lowest BCUT2D eigenvalue weighted by Crippen LogP contribution is -2.53. The number of ether oxygens (including phenoxy) is 1. The van der Waals surface area contributed by atoms with E-state index in [9.17, 15) is 27.2 Å². The van der Waals surface area contributed by atoms with Gasteiger partial charge in [0.1, 0.15) is 11.8 Å². The number of halogens is 4. The Morgan fingerprint density at radius 2 is 1.70 bits per heavy atom. The Kier molecular flexibility index (Phi) is 6.63. The number of hydrogen-bond donors (Lipinski definition) is 0. The molecule has 2 fully saturated rings. The Labute approximate surface area is 157 Å². The maximum absolute atomic E-state index is 14.0. The molecule has 1 saturated carbocycles. The highest BCUT2D eigenvalue weighted by molar-refractivity contribution is 5.82. The van der Waals surface area contributed by atoms with Crippen LogP contribution >= 0.6 is 0 Å². The molecule has 0 aromatic heterocycles. The van der Waals surface area contributed by atoms with Gasteiger partial charge in [-0.05, 0) is 33.6 Å². The molecule has 0 N–H and O–H groups in total. The quantitative estimate of drug-likeness (QED) is 0.676.